The van der Waals surface area contributed by atoms with Crippen LogP contribution in [0.5, 0.6) is 0 Å². The van der Waals surface area contributed by atoms with E-state index in [0.717, 1.165) is 66.6 Å². The van der Waals surface area contributed by atoms with Crippen LogP contribution in [0, 0.1) is 5.92 Å². The quantitative estimate of drug-likeness (QED) is 0.626. The van der Waals surface area contributed by atoms with E-state index >= 15 is 0 Å². The second-order valence-corrected chi connectivity index (χ2v) is 8.66. The first-order valence-electron chi connectivity index (χ1n) is 11.3. The Morgan fingerprint density at radius 2 is 2.09 bits per heavy atom. The van der Waals surface area contributed by atoms with Crippen molar-refractivity contribution in [1.82, 2.24) is 19.9 Å². The number of nitrogens with zero attached hydrogens (tertiary/aromatic N) is 3. The third-order valence-corrected chi connectivity index (χ3v) is 6.24. The van der Waals surface area contributed by atoms with Crippen molar-refractivity contribution in [3.63, 3.8) is 0 Å². The number of amides is 1. The molecule has 0 radical (unpaired) electrons. The Morgan fingerprint density at radius 1 is 1.22 bits per heavy atom. The number of hydrogen-bond donors (Lipinski definition) is 2. The number of H-pyrrole nitrogens is 1. The molecule has 0 unspecified atom stereocenters. The topological polar surface area (TPSA) is 91.0 Å². The smallest absolute Gasteiger partial charge is 0.251 e. The molecule has 0 aromatic carbocycles. The lowest BCUT2D eigenvalue weighted by molar-refractivity contribution is -0.117. The monoisotopic (exact) mass is 429 g/mol. The van der Waals surface area contributed by atoms with Gasteiger partial charge in [-0.3, -0.25) is 19.5 Å². The van der Waals surface area contributed by atoms with Gasteiger partial charge in [-0.2, -0.15) is 0 Å². The molecule has 4 heterocycles. The van der Waals surface area contributed by atoms with E-state index < -0.39 is 0 Å². The molecule has 164 valence electrons. The van der Waals surface area contributed by atoms with Crippen molar-refractivity contribution in [2.75, 3.05) is 18.4 Å². The molecule has 1 saturated carbocycles. The van der Waals surface area contributed by atoms with Gasteiger partial charge in [-0.05, 0) is 66.6 Å². The lowest BCUT2D eigenvalue weighted by Gasteiger charge is -2.26. The Labute approximate surface area is 186 Å². The van der Waals surface area contributed by atoms with E-state index in [9.17, 15) is 9.59 Å². The van der Waals surface area contributed by atoms with Gasteiger partial charge in [0.25, 0.3) is 5.56 Å². The molecule has 0 saturated heterocycles. The summed E-state index contributed by atoms with van der Waals surface area (Å²) in [6.07, 6.45) is 9.60. The fraction of sp³-hybridized carbons (Fsp3) is 0.360. The van der Waals surface area contributed by atoms with Crippen LogP contribution in [0.25, 0.3) is 16.6 Å². The predicted octanol–water partition coefficient (Wildman–Crippen LogP) is 3.52. The van der Waals surface area contributed by atoms with E-state index in [1.54, 1.807) is 0 Å². The summed E-state index contributed by atoms with van der Waals surface area (Å²) < 4.78 is 0. The Kier molecular flexibility index (Phi) is 5.57. The Balaban J connectivity index is 1.22. The van der Waals surface area contributed by atoms with Crippen molar-refractivity contribution in [2.24, 2.45) is 5.92 Å². The number of aryl methyl sites for hydroxylation is 1. The maximum atomic E-state index is 12.1. The highest BCUT2D eigenvalue weighted by molar-refractivity contribution is 5.93. The molecule has 3 aromatic rings. The second-order valence-electron chi connectivity index (χ2n) is 8.66. The summed E-state index contributed by atoms with van der Waals surface area (Å²) in [4.78, 5) is 38.3. The van der Waals surface area contributed by atoms with Crippen LogP contribution in [0.4, 0.5) is 5.82 Å². The molecule has 2 N–H and O–H groups in total. The van der Waals surface area contributed by atoms with Crippen molar-refractivity contribution in [3.05, 3.63) is 69.8 Å². The van der Waals surface area contributed by atoms with Crippen LogP contribution in [0.3, 0.4) is 0 Å². The molecule has 5 rings (SSSR count). The number of fused-ring (bicyclic) bond motifs is 1. The average Bonchev–Trinajstić information content (AvgIpc) is 3.65. The molecule has 32 heavy (non-hydrogen) atoms. The first-order chi connectivity index (χ1) is 15.6. The van der Waals surface area contributed by atoms with Gasteiger partial charge in [0.2, 0.25) is 5.91 Å². The summed E-state index contributed by atoms with van der Waals surface area (Å²) in [5.41, 5.74) is 5.82. The minimum Gasteiger partial charge on any atom is -0.320 e. The number of nitrogens with one attached hydrogen (secondary N) is 2. The van der Waals surface area contributed by atoms with Crippen LogP contribution in [-0.2, 0) is 17.8 Å². The highest BCUT2D eigenvalue weighted by Gasteiger charge is 2.29. The van der Waals surface area contributed by atoms with Crippen molar-refractivity contribution in [3.8, 4) is 0 Å². The standard InChI is InChI=1S/C25H27N5O2/c1-2-17-12-21-22(28-24(17)31)11-16(13-26-21)15-30-9-7-18(8-10-30)20-5-6-23(27-14-20)29-25(32)19-3-4-19/h5-7,11-14,19H,2-4,8-10,15H2,1H3,(H,28,31)(H,27,29,32). The molecule has 0 atom stereocenters. The molecular formula is C25H27N5O2. The van der Waals surface area contributed by atoms with Gasteiger partial charge in [0.1, 0.15) is 5.82 Å². The minimum absolute atomic E-state index is 0.0313. The molecular weight excluding hydrogens is 402 g/mol. The van der Waals surface area contributed by atoms with Crippen LogP contribution >= 0.6 is 0 Å². The molecule has 1 aliphatic carbocycles. The maximum absolute atomic E-state index is 12.1. The normalized spacial score (nSPS) is 16.7. The summed E-state index contributed by atoms with van der Waals surface area (Å²) >= 11 is 0. The SMILES string of the molecule is CCc1cc2ncc(CN3CC=C(c4ccc(NC(=O)C5CC5)nc4)CC3)cc2[nH]c1=O. The first kappa shape index (κ1) is 20.6. The van der Waals surface area contributed by atoms with Gasteiger partial charge in [-0.1, -0.05) is 13.0 Å². The third-order valence-electron chi connectivity index (χ3n) is 6.24. The highest BCUT2D eigenvalue weighted by Crippen LogP contribution is 2.30. The van der Waals surface area contributed by atoms with E-state index in [2.05, 4.69) is 31.2 Å². The van der Waals surface area contributed by atoms with Gasteiger partial charge in [0.05, 0.1) is 11.0 Å². The first-order valence-corrected chi connectivity index (χ1v) is 11.3. The molecule has 3 aromatic heterocycles. The van der Waals surface area contributed by atoms with Gasteiger partial charge < -0.3 is 10.3 Å². The largest absolute Gasteiger partial charge is 0.320 e. The van der Waals surface area contributed by atoms with Gasteiger partial charge >= 0.3 is 0 Å². The fourth-order valence-electron chi connectivity index (χ4n) is 4.12. The van der Waals surface area contributed by atoms with Crippen LogP contribution < -0.4 is 10.9 Å². The van der Waals surface area contributed by atoms with Gasteiger partial charge in [0, 0.05) is 43.5 Å². The molecule has 0 spiro atoms. The number of hydrogen-bond acceptors (Lipinski definition) is 5. The molecule has 2 aliphatic rings. The van der Waals surface area contributed by atoms with Crippen molar-refractivity contribution < 1.29 is 4.79 Å². The molecule has 1 amide bonds. The second kappa shape index (κ2) is 8.67. The Morgan fingerprint density at radius 3 is 2.78 bits per heavy atom. The van der Waals surface area contributed by atoms with E-state index in [1.807, 2.05) is 43.6 Å². The third kappa shape index (κ3) is 4.48. The lowest BCUT2D eigenvalue weighted by Crippen LogP contribution is -2.28. The summed E-state index contributed by atoms with van der Waals surface area (Å²) in [6.45, 7) is 4.54. The van der Waals surface area contributed by atoms with Crippen LogP contribution in [0.2, 0.25) is 0 Å². The predicted molar refractivity (Wildman–Crippen MR) is 125 cm³/mol. The fourth-order valence-corrected chi connectivity index (χ4v) is 4.12. The number of carbonyl (C=O) groups excluding carboxylic acids is 1. The summed E-state index contributed by atoms with van der Waals surface area (Å²) in [6, 6.07) is 7.82. The van der Waals surface area contributed by atoms with Crippen molar-refractivity contribution in [1.29, 1.82) is 0 Å². The highest BCUT2D eigenvalue weighted by atomic mass is 16.2. The maximum Gasteiger partial charge on any atom is 0.251 e. The molecule has 7 heteroatoms. The van der Waals surface area contributed by atoms with Gasteiger partial charge in [-0.15, -0.1) is 0 Å². The minimum atomic E-state index is -0.0313. The van der Waals surface area contributed by atoms with E-state index in [1.165, 1.54) is 5.57 Å². The average molecular weight is 430 g/mol. The number of aromatic amines is 1. The van der Waals surface area contributed by atoms with Gasteiger partial charge in [-0.25, -0.2) is 4.98 Å². The van der Waals surface area contributed by atoms with Crippen molar-refractivity contribution in [2.45, 2.75) is 39.2 Å². The summed E-state index contributed by atoms with van der Waals surface area (Å²) in [5.74, 6) is 0.878. The molecule has 1 aliphatic heterocycles. The summed E-state index contributed by atoms with van der Waals surface area (Å²) in [7, 11) is 0. The van der Waals surface area contributed by atoms with Crippen LogP contribution in [0.1, 0.15) is 42.9 Å². The zero-order chi connectivity index (χ0) is 22.1. The van der Waals surface area contributed by atoms with Crippen molar-refractivity contribution >= 4 is 28.3 Å². The Bertz CT molecular complexity index is 1240. The van der Waals surface area contributed by atoms with Crippen LogP contribution in [0.15, 0.2) is 47.5 Å². The van der Waals surface area contributed by atoms with E-state index in [0.29, 0.717) is 12.2 Å². The van der Waals surface area contributed by atoms with Crippen LogP contribution in [-0.4, -0.2) is 38.8 Å². The van der Waals surface area contributed by atoms with Gasteiger partial charge in [0.15, 0.2) is 0 Å². The summed E-state index contributed by atoms with van der Waals surface area (Å²) in [5, 5.41) is 2.88. The molecule has 7 nitrogen and oxygen atoms in total. The molecule has 1 fully saturated rings. The zero-order valence-electron chi connectivity index (χ0n) is 18.2. The lowest BCUT2D eigenvalue weighted by atomic mass is 10.0. The number of carbonyl (C=O) groups is 1. The molecule has 0 bridgehead atoms. The number of aromatic nitrogens is 3. The van der Waals surface area contributed by atoms with E-state index in [-0.39, 0.29) is 17.4 Å². The zero-order valence-corrected chi connectivity index (χ0v) is 18.2. The number of anilines is 1. The number of pyridine rings is 3. The Hall–Kier alpha value is -3.32. The van der Waals surface area contributed by atoms with E-state index in [4.69, 9.17) is 0 Å². The number of rotatable bonds is 6.